The fourth-order valence-corrected chi connectivity index (χ4v) is 3.60. The van der Waals surface area contributed by atoms with Crippen LogP contribution < -0.4 is 10.2 Å². The van der Waals surface area contributed by atoms with E-state index in [1.807, 2.05) is 23.1 Å². The highest BCUT2D eigenvalue weighted by molar-refractivity contribution is 5.79. The molecule has 1 atom stereocenters. The van der Waals surface area contributed by atoms with Crippen molar-refractivity contribution >= 4 is 23.0 Å². The molecule has 6 nitrogen and oxygen atoms in total. The monoisotopic (exact) mass is 328 g/mol. The van der Waals surface area contributed by atoms with Gasteiger partial charge in [-0.05, 0) is 44.0 Å². The third kappa shape index (κ3) is 2.98. The van der Waals surface area contributed by atoms with Crippen LogP contribution in [0.3, 0.4) is 0 Å². The van der Waals surface area contributed by atoms with E-state index in [0.29, 0.717) is 11.9 Å². The Hall–Kier alpha value is -2.08. The van der Waals surface area contributed by atoms with Gasteiger partial charge in [-0.1, -0.05) is 6.07 Å². The van der Waals surface area contributed by atoms with Crippen LogP contribution in [-0.4, -0.2) is 55.1 Å². The Labute approximate surface area is 141 Å². The molecular formula is C18H24N4O2. The molecule has 2 fully saturated rings. The lowest BCUT2D eigenvalue weighted by atomic mass is 9.98. The van der Waals surface area contributed by atoms with Crippen molar-refractivity contribution in [2.45, 2.75) is 19.8 Å². The summed E-state index contributed by atoms with van der Waals surface area (Å²) in [5.74, 6) is 0.452. The zero-order valence-electron chi connectivity index (χ0n) is 14.1. The van der Waals surface area contributed by atoms with Crippen LogP contribution in [0.25, 0.3) is 11.1 Å². The second-order valence-electron chi connectivity index (χ2n) is 6.82. The molecule has 6 heteroatoms. The summed E-state index contributed by atoms with van der Waals surface area (Å²) in [5, 5.41) is 3.33. The largest absolute Gasteiger partial charge is 0.423 e. The standard InChI is InChI=1S/C18H24N4O2/c1-13-4-5-16-15(11-13)20-18(24-16)22-9-7-21(8-10-22)17(23)14-3-2-6-19-12-14/h4-5,11,14,19H,2-3,6-10,12H2,1H3. The van der Waals surface area contributed by atoms with E-state index in [1.54, 1.807) is 0 Å². The third-order valence-corrected chi connectivity index (χ3v) is 5.04. The second-order valence-corrected chi connectivity index (χ2v) is 6.82. The van der Waals surface area contributed by atoms with Crippen LogP contribution in [0.2, 0.25) is 0 Å². The number of anilines is 1. The van der Waals surface area contributed by atoms with E-state index in [1.165, 1.54) is 5.56 Å². The third-order valence-electron chi connectivity index (χ3n) is 5.04. The summed E-state index contributed by atoms with van der Waals surface area (Å²) in [6, 6.07) is 6.71. The van der Waals surface area contributed by atoms with E-state index in [2.05, 4.69) is 22.1 Å². The average molecular weight is 328 g/mol. The molecule has 1 aromatic heterocycles. The molecule has 0 radical (unpaired) electrons. The molecule has 1 unspecified atom stereocenters. The van der Waals surface area contributed by atoms with Crippen molar-refractivity contribution in [1.82, 2.24) is 15.2 Å². The number of nitrogens with zero attached hydrogens (tertiary/aromatic N) is 3. The zero-order valence-corrected chi connectivity index (χ0v) is 14.1. The number of rotatable bonds is 2. The first-order chi connectivity index (χ1) is 11.7. The van der Waals surface area contributed by atoms with Gasteiger partial charge in [0.25, 0.3) is 6.01 Å². The van der Waals surface area contributed by atoms with Gasteiger partial charge in [-0.2, -0.15) is 4.98 Å². The topological polar surface area (TPSA) is 61.6 Å². The summed E-state index contributed by atoms with van der Waals surface area (Å²) in [6.07, 6.45) is 2.11. The van der Waals surface area contributed by atoms with Gasteiger partial charge in [0.2, 0.25) is 5.91 Å². The van der Waals surface area contributed by atoms with Crippen molar-refractivity contribution in [3.05, 3.63) is 23.8 Å². The molecule has 3 heterocycles. The number of carbonyl (C=O) groups is 1. The first-order valence-electron chi connectivity index (χ1n) is 8.82. The van der Waals surface area contributed by atoms with E-state index in [0.717, 1.165) is 63.2 Å². The number of hydrogen-bond acceptors (Lipinski definition) is 5. The zero-order chi connectivity index (χ0) is 16.5. The average Bonchev–Trinajstić information content (AvgIpc) is 3.05. The Kier molecular flexibility index (Phi) is 4.14. The fraction of sp³-hybridized carbons (Fsp3) is 0.556. The van der Waals surface area contributed by atoms with Crippen LogP contribution in [0.15, 0.2) is 22.6 Å². The Bertz CT molecular complexity index is 728. The predicted molar refractivity (Wildman–Crippen MR) is 93.1 cm³/mol. The molecule has 0 aliphatic carbocycles. The molecule has 0 bridgehead atoms. The molecule has 2 saturated heterocycles. The smallest absolute Gasteiger partial charge is 0.298 e. The molecule has 128 valence electrons. The number of fused-ring (bicyclic) bond motifs is 1. The maximum absolute atomic E-state index is 12.6. The minimum absolute atomic E-state index is 0.151. The highest BCUT2D eigenvalue weighted by Crippen LogP contribution is 2.24. The maximum Gasteiger partial charge on any atom is 0.298 e. The summed E-state index contributed by atoms with van der Waals surface area (Å²) >= 11 is 0. The molecule has 1 aromatic carbocycles. The summed E-state index contributed by atoms with van der Waals surface area (Å²) in [7, 11) is 0. The Morgan fingerprint density at radius 1 is 1.29 bits per heavy atom. The first kappa shape index (κ1) is 15.4. The van der Waals surface area contributed by atoms with Gasteiger partial charge in [0, 0.05) is 32.7 Å². The number of piperidine rings is 1. The number of oxazole rings is 1. The Morgan fingerprint density at radius 2 is 2.12 bits per heavy atom. The Balaban J connectivity index is 1.40. The van der Waals surface area contributed by atoms with Crippen LogP contribution in [-0.2, 0) is 4.79 Å². The van der Waals surface area contributed by atoms with Crippen molar-refractivity contribution in [3.63, 3.8) is 0 Å². The van der Waals surface area contributed by atoms with Crippen molar-refractivity contribution < 1.29 is 9.21 Å². The summed E-state index contributed by atoms with van der Waals surface area (Å²) in [6.45, 7) is 6.95. The maximum atomic E-state index is 12.6. The number of amides is 1. The van der Waals surface area contributed by atoms with Crippen molar-refractivity contribution in [2.24, 2.45) is 5.92 Å². The van der Waals surface area contributed by atoms with Gasteiger partial charge in [0.1, 0.15) is 5.52 Å². The van der Waals surface area contributed by atoms with Gasteiger partial charge < -0.3 is 19.5 Å². The minimum atomic E-state index is 0.151. The molecule has 2 aliphatic heterocycles. The van der Waals surface area contributed by atoms with E-state index in [-0.39, 0.29) is 5.92 Å². The van der Waals surface area contributed by atoms with Crippen LogP contribution in [0, 0.1) is 12.8 Å². The number of aromatic nitrogens is 1. The van der Waals surface area contributed by atoms with E-state index in [4.69, 9.17) is 4.42 Å². The summed E-state index contributed by atoms with van der Waals surface area (Å²) in [5.41, 5.74) is 2.90. The second kappa shape index (κ2) is 6.43. The van der Waals surface area contributed by atoms with E-state index >= 15 is 0 Å². The van der Waals surface area contributed by atoms with Gasteiger partial charge in [-0.15, -0.1) is 0 Å². The van der Waals surface area contributed by atoms with Gasteiger partial charge in [0.15, 0.2) is 5.58 Å². The Morgan fingerprint density at radius 3 is 2.88 bits per heavy atom. The molecule has 4 rings (SSSR count). The van der Waals surface area contributed by atoms with Crippen LogP contribution in [0.4, 0.5) is 6.01 Å². The SMILES string of the molecule is Cc1ccc2oc(N3CCN(C(=O)C4CCCNC4)CC3)nc2c1. The predicted octanol–water partition coefficient (Wildman–Crippen LogP) is 1.78. The molecule has 1 amide bonds. The lowest BCUT2D eigenvalue weighted by Gasteiger charge is -2.36. The fourth-order valence-electron chi connectivity index (χ4n) is 3.60. The molecule has 24 heavy (non-hydrogen) atoms. The molecule has 0 saturated carbocycles. The lowest BCUT2D eigenvalue weighted by molar-refractivity contribution is -0.136. The summed E-state index contributed by atoms with van der Waals surface area (Å²) in [4.78, 5) is 21.3. The van der Waals surface area contributed by atoms with Crippen molar-refractivity contribution in [3.8, 4) is 0 Å². The molecule has 1 N–H and O–H groups in total. The molecule has 2 aliphatic rings. The van der Waals surface area contributed by atoms with Crippen molar-refractivity contribution in [2.75, 3.05) is 44.2 Å². The minimum Gasteiger partial charge on any atom is -0.423 e. The number of hydrogen-bond donors (Lipinski definition) is 1. The van der Waals surface area contributed by atoms with Crippen LogP contribution in [0.1, 0.15) is 18.4 Å². The number of nitrogens with one attached hydrogen (secondary N) is 1. The number of aryl methyl sites for hydroxylation is 1. The highest BCUT2D eigenvalue weighted by Gasteiger charge is 2.29. The van der Waals surface area contributed by atoms with E-state index < -0.39 is 0 Å². The van der Waals surface area contributed by atoms with Crippen LogP contribution >= 0.6 is 0 Å². The van der Waals surface area contributed by atoms with Crippen molar-refractivity contribution in [1.29, 1.82) is 0 Å². The highest BCUT2D eigenvalue weighted by atomic mass is 16.4. The van der Waals surface area contributed by atoms with Gasteiger partial charge >= 0.3 is 0 Å². The normalized spacial score (nSPS) is 22.1. The quantitative estimate of drug-likeness (QED) is 0.911. The van der Waals surface area contributed by atoms with Gasteiger partial charge in [-0.3, -0.25) is 4.79 Å². The first-order valence-corrected chi connectivity index (χ1v) is 8.82. The van der Waals surface area contributed by atoms with Crippen LogP contribution in [0.5, 0.6) is 0 Å². The lowest BCUT2D eigenvalue weighted by Crippen LogP contribution is -2.52. The van der Waals surface area contributed by atoms with Gasteiger partial charge in [0.05, 0.1) is 5.92 Å². The molecule has 0 spiro atoms. The number of carbonyl (C=O) groups excluding carboxylic acids is 1. The van der Waals surface area contributed by atoms with E-state index in [9.17, 15) is 4.79 Å². The summed E-state index contributed by atoms with van der Waals surface area (Å²) < 4.78 is 5.88. The van der Waals surface area contributed by atoms with Gasteiger partial charge in [-0.25, -0.2) is 0 Å². The number of benzene rings is 1. The molecule has 2 aromatic rings. The number of piperazine rings is 1. The molecular weight excluding hydrogens is 304 g/mol.